The highest BCUT2D eigenvalue weighted by Gasteiger charge is 2.08. The van der Waals surface area contributed by atoms with Crippen molar-refractivity contribution in [3.8, 4) is 5.75 Å². The van der Waals surface area contributed by atoms with Crippen LogP contribution in [0.3, 0.4) is 0 Å². The quantitative estimate of drug-likeness (QED) is 0.810. The number of methoxy groups -OCH3 is 1. The van der Waals surface area contributed by atoms with Crippen LogP contribution in [0.5, 0.6) is 5.75 Å². The zero-order valence-corrected chi connectivity index (χ0v) is 9.92. The summed E-state index contributed by atoms with van der Waals surface area (Å²) in [6, 6.07) is 4.50. The van der Waals surface area contributed by atoms with Gasteiger partial charge >= 0.3 is 0 Å². The van der Waals surface area contributed by atoms with E-state index in [1.54, 1.807) is 13.2 Å². The molecule has 1 unspecified atom stereocenters. The van der Waals surface area contributed by atoms with Gasteiger partial charge in [0, 0.05) is 18.7 Å². The molecule has 0 amide bonds. The molecule has 0 heterocycles. The first kappa shape index (κ1) is 12.8. The number of nitrogens with one attached hydrogen (secondary N) is 1. The number of ether oxygens (including phenoxy) is 2. The third-order valence-electron chi connectivity index (χ3n) is 2.14. The van der Waals surface area contributed by atoms with Crippen LogP contribution < -0.4 is 10.1 Å². The Hall–Kier alpha value is -1.29. The van der Waals surface area contributed by atoms with Gasteiger partial charge in [0.25, 0.3) is 0 Å². The third kappa shape index (κ3) is 3.70. The van der Waals surface area contributed by atoms with Crippen LogP contribution in [0.25, 0.3) is 0 Å². The number of benzene rings is 1. The normalized spacial score (nSPS) is 12.2. The maximum atomic E-state index is 13.1. The van der Waals surface area contributed by atoms with E-state index in [1.807, 2.05) is 13.8 Å². The van der Waals surface area contributed by atoms with E-state index in [0.29, 0.717) is 24.7 Å². The number of anilines is 1. The van der Waals surface area contributed by atoms with Gasteiger partial charge in [0.1, 0.15) is 11.6 Å². The average Bonchev–Trinajstić information content (AvgIpc) is 2.27. The maximum absolute atomic E-state index is 13.1. The van der Waals surface area contributed by atoms with Crippen LogP contribution in [-0.2, 0) is 4.74 Å². The number of halogens is 1. The first-order chi connectivity index (χ1) is 7.67. The molecule has 0 radical (unpaired) electrons. The molecule has 0 saturated carbocycles. The summed E-state index contributed by atoms with van der Waals surface area (Å²) in [6.45, 7) is 5.16. The Labute approximate surface area is 95.6 Å². The topological polar surface area (TPSA) is 30.5 Å². The minimum absolute atomic E-state index is 0.107. The standard InChI is InChI=1S/C12H18FNO2/c1-4-16-8-9(2)14-11-7-10(13)5-6-12(11)15-3/h5-7,9,14H,4,8H2,1-3H3. The van der Waals surface area contributed by atoms with E-state index >= 15 is 0 Å². The predicted molar refractivity (Wildman–Crippen MR) is 62.5 cm³/mol. The van der Waals surface area contributed by atoms with Crippen LogP contribution in [0.2, 0.25) is 0 Å². The predicted octanol–water partition coefficient (Wildman–Crippen LogP) is 2.67. The summed E-state index contributed by atoms with van der Waals surface area (Å²) >= 11 is 0. The lowest BCUT2D eigenvalue weighted by Crippen LogP contribution is -2.22. The van der Waals surface area contributed by atoms with Crippen molar-refractivity contribution in [2.24, 2.45) is 0 Å². The summed E-state index contributed by atoms with van der Waals surface area (Å²) in [6.07, 6.45) is 0. The first-order valence-electron chi connectivity index (χ1n) is 5.35. The zero-order valence-electron chi connectivity index (χ0n) is 9.92. The van der Waals surface area contributed by atoms with Crippen molar-refractivity contribution < 1.29 is 13.9 Å². The van der Waals surface area contributed by atoms with Gasteiger partial charge in [-0.25, -0.2) is 4.39 Å². The fourth-order valence-electron chi connectivity index (χ4n) is 1.39. The van der Waals surface area contributed by atoms with Gasteiger partial charge in [-0.05, 0) is 26.0 Å². The lowest BCUT2D eigenvalue weighted by atomic mass is 10.2. The van der Waals surface area contributed by atoms with Crippen molar-refractivity contribution in [3.63, 3.8) is 0 Å². The van der Waals surface area contributed by atoms with Crippen molar-refractivity contribution in [2.75, 3.05) is 25.6 Å². The molecule has 1 N–H and O–H groups in total. The van der Waals surface area contributed by atoms with Crippen LogP contribution in [0.4, 0.5) is 10.1 Å². The molecule has 1 aromatic rings. The molecule has 0 aromatic heterocycles. The Kier molecular flexibility index (Phi) is 5.05. The minimum atomic E-state index is -0.285. The van der Waals surface area contributed by atoms with Crippen molar-refractivity contribution in [2.45, 2.75) is 19.9 Å². The molecule has 0 spiro atoms. The van der Waals surface area contributed by atoms with Crippen LogP contribution in [0.15, 0.2) is 18.2 Å². The Balaban J connectivity index is 2.67. The van der Waals surface area contributed by atoms with Crippen LogP contribution >= 0.6 is 0 Å². The average molecular weight is 227 g/mol. The largest absolute Gasteiger partial charge is 0.495 e. The Morgan fingerprint density at radius 3 is 2.81 bits per heavy atom. The van der Waals surface area contributed by atoms with Gasteiger partial charge in [-0.2, -0.15) is 0 Å². The third-order valence-corrected chi connectivity index (χ3v) is 2.14. The zero-order chi connectivity index (χ0) is 12.0. The van der Waals surface area contributed by atoms with E-state index in [9.17, 15) is 4.39 Å². The monoisotopic (exact) mass is 227 g/mol. The Morgan fingerprint density at radius 2 is 2.19 bits per heavy atom. The molecule has 0 aliphatic carbocycles. The molecule has 0 bridgehead atoms. The molecule has 0 aliphatic rings. The molecule has 0 aliphatic heterocycles. The Morgan fingerprint density at radius 1 is 1.44 bits per heavy atom. The lowest BCUT2D eigenvalue weighted by Gasteiger charge is -2.17. The molecule has 0 fully saturated rings. The van der Waals surface area contributed by atoms with E-state index < -0.39 is 0 Å². The molecule has 4 heteroatoms. The van der Waals surface area contributed by atoms with Crippen molar-refractivity contribution in [3.05, 3.63) is 24.0 Å². The fraction of sp³-hybridized carbons (Fsp3) is 0.500. The molecule has 1 rings (SSSR count). The second-order valence-electron chi connectivity index (χ2n) is 3.55. The molecule has 1 atom stereocenters. The summed E-state index contributed by atoms with van der Waals surface area (Å²) in [7, 11) is 1.56. The summed E-state index contributed by atoms with van der Waals surface area (Å²) in [5.74, 6) is 0.344. The molecule has 1 aromatic carbocycles. The SMILES string of the molecule is CCOCC(C)Nc1cc(F)ccc1OC. The molecule has 3 nitrogen and oxygen atoms in total. The van der Waals surface area contributed by atoms with Crippen LogP contribution in [-0.4, -0.2) is 26.4 Å². The van der Waals surface area contributed by atoms with E-state index in [2.05, 4.69) is 5.32 Å². The van der Waals surface area contributed by atoms with Crippen molar-refractivity contribution >= 4 is 5.69 Å². The molecular formula is C12H18FNO2. The highest BCUT2D eigenvalue weighted by Crippen LogP contribution is 2.25. The highest BCUT2D eigenvalue weighted by atomic mass is 19.1. The van der Waals surface area contributed by atoms with Gasteiger partial charge in [-0.1, -0.05) is 0 Å². The molecular weight excluding hydrogens is 209 g/mol. The van der Waals surface area contributed by atoms with E-state index in [4.69, 9.17) is 9.47 Å². The number of hydrogen-bond donors (Lipinski definition) is 1. The fourth-order valence-corrected chi connectivity index (χ4v) is 1.39. The second kappa shape index (κ2) is 6.33. The van der Waals surface area contributed by atoms with Gasteiger partial charge in [0.05, 0.1) is 19.4 Å². The van der Waals surface area contributed by atoms with Crippen molar-refractivity contribution in [1.82, 2.24) is 0 Å². The summed E-state index contributed by atoms with van der Waals surface area (Å²) in [5.41, 5.74) is 0.648. The van der Waals surface area contributed by atoms with Gasteiger partial charge in [-0.15, -0.1) is 0 Å². The summed E-state index contributed by atoms with van der Waals surface area (Å²) < 4.78 is 23.5. The lowest BCUT2D eigenvalue weighted by molar-refractivity contribution is 0.141. The number of rotatable bonds is 6. The van der Waals surface area contributed by atoms with Crippen molar-refractivity contribution in [1.29, 1.82) is 0 Å². The van der Waals surface area contributed by atoms with Gasteiger partial charge < -0.3 is 14.8 Å². The van der Waals surface area contributed by atoms with Crippen LogP contribution in [0.1, 0.15) is 13.8 Å². The van der Waals surface area contributed by atoms with Crippen LogP contribution in [0, 0.1) is 5.82 Å². The Bertz CT molecular complexity index is 331. The molecule has 0 saturated heterocycles. The highest BCUT2D eigenvalue weighted by molar-refractivity contribution is 5.56. The van der Waals surface area contributed by atoms with E-state index in [1.165, 1.54) is 12.1 Å². The maximum Gasteiger partial charge on any atom is 0.142 e. The van der Waals surface area contributed by atoms with Gasteiger partial charge in [-0.3, -0.25) is 0 Å². The molecule has 16 heavy (non-hydrogen) atoms. The summed E-state index contributed by atoms with van der Waals surface area (Å²) in [5, 5.41) is 3.15. The smallest absolute Gasteiger partial charge is 0.142 e. The second-order valence-corrected chi connectivity index (χ2v) is 3.55. The number of hydrogen-bond acceptors (Lipinski definition) is 3. The van der Waals surface area contributed by atoms with E-state index in [-0.39, 0.29) is 11.9 Å². The van der Waals surface area contributed by atoms with Gasteiger partial charge in [0.15, 0.2) is 0 Å². The molecule has 90 valence electrons. The minimum Gasteiger partial charge on any atom is -0.495 e. The van der Waals surface area contributed by atoms with E-state index in [0.717, 1.165) is 0 Å². The van der Waals surface area contributed by atoms with Gasteiger partial charge in [0.2, 0.25) is 0 Å². The first-order valence-corrected chi connectivity index (χ1v) is 5.35. The summed E-state index contributed by atoms with van der Waals surface area (Å²) in [4.78, 5) is 0.